The van der Waals surface area contributed by atoms with E-state index in [1.165, 1.54) is 12.1 Å². The Hall–Kier alpha value is -1.83. The average Bonchev–Trinajstić information content (AvgIpc) is 2.89. The zero-order valence-corrected chi connectivity index (χ0v) is 15.8. The van der Waals surface area contributed by atoms with Crippen LogP contribution in [-0.2, 0) is 9.59 Å². The Labute approximate surface area is 161 Å². The molecule has 2 N–H and O–H groups in total. The molecule has 0 aliphatic carbocycles. The van der Waals surface area contributed by atoms with Gasteiger partial charge in [-0.05, 0) is 31.5 Å². The summed E-state index contributed by atoms with van der Waals surface area (Å²) in [4.78, 5) is 40.0. The van der Waals surface area contributed by atoms with Crippen LogP contribution in [0.3, 0.4) is 0 Å². The first kappa shape index (κ1) is 18.9. The number of amides is 4. The number of hydrogen-bond donors (Lipinski definition) is 2. The maximum atomic E-state index is 12.6. The smallest absolute Gasteiger partial charge is 0.329 e. The van der Waals surface area contributed by atoms with E-state index < -0.39 is 18.0 Å². The summed E-state index contributed by atoms with van der Waals surface area (Å²) in [6.07, 6.45) is 0.470. The molecule has 2 aliphatic heterocycles. The van der Waals surface area contributed by atoms with Crippen molar-refractivity contribution < 1.29 is 14.4 Å². The summed E-state index contributed by atoms with van der Waals surface area (Å²) in [5.41, 5.74) is 0.353. The van der Waals surface area contributed by atoms with Gasteiger partial charge in [0.05, 0.1) is 15.7 Å². The van der Waals surface area contributed by atoms with Crippen LogP contribution in [0.4, 0.5) is 10.5 Å². The van der Waals surface area contributed by atoms with Crippen molar-refractivity contribution in [3.8, 4) is 0 Å². The van der Waals surface area contributed by atoms with Gasteiger partial charge in [-0.3, -0.25) is 9.59 Å². The van der Waals surface area contributed by atoms with Crippen molar-refractivity contribution in [3.05, 3.63) is 28.2 Å². The fourth-order valence-corrected chi connectivity index (χ4v) is 3.47. The highest BCUT2D eigenvalue weighted by Gasteiger charge is 2.39. The molecule has 2 atom stereocenters. The van der Waals surface area contributed by atoms with E-state index in [4.69, 9.17) is 23.2 Å². The lowest BCUT2D eigenvalue weighted by Gasteiger charge is -2.32. The molecule has 3 rings (SSSR count). The van der Waals surface area contributed by atoms with Gasteiger partial charge in [0.15, 0.2) is 0 Å². The zero-order chi connectivity index (χ0) is 18.8. The SMILES string of the molecule is CC1CN(C(=O)CCC2NC(=O)N(c3ccc(Cl)c(Cl)c3)C2=O)CCN1. The van der Waals surface area contributed by atoms with E-state index >= 15 is 0 Å². The van der Waals surface area contributed by atoms with Crippen LogP contribution in [0, 0.1) is 0 Å². The largest absolute Gasteiger partial charge is 0.340 e. The van der Waals surface area contributed by atoms with Crippen molar-refractivity contribution in [1.29, 1.82) is 0 Å². The summed E-state index contributed by atoms with van der Waals surface area (Å²) in [6.45, 7) is 4.09. The minimum Gasteiger partial charge on any atom is -0.340 e. The molecule has 140 valence electrons. The number of benzene rings is 1. The van der Waals surface area contributed by atoms with E-state index in [0.717, 1.165) is 11.4 Å². The number of anilines is 1. The molecular weight excluding hydrogens is 379 g/mol. The van der Waals surface area contributed by atoms with E-state index in [0.29, 0.717) is 23.8 Å². The molecule has 1 aromatic rings. The standard InChI is InChI=1S/C17H20Cl2N4O3/c1-10-9-22(7-6-20-10)15(24)5-4-14-16(25)23(17(26)21-14)11-2-3-12(18)13(19)8-11/h2-3,8,10,14,20H,4-7,9H2,1H3,(H,21,26). The Morgan fingerprint density at radius 3 is 2.73 bits per heavy atom. The molecular formula is C17H20Cl2N4O3. The Morgan fingerprint density at radius 1 is 1.27 bits per heavy atom. The highest BCUT2D eigenvalue weighted by molar-refractivity contribution is 6.42. The summed E-state index contributed by atoms with van der Waals surface area (Å²) in [7, 11) is 0. The number of carbonyl (C=O) groups is 3. The number of piperazine rings is 1. The first-order chi connectivity index (χ1) is 12.4. The highest BCUT2D eigenvalue weighted by atomic mass is 35.5. The van der Waals surface area contributed by atoms with Crippen LogP contribution in [-0.4, -0.2) is 54.5 Å². The number of rotatable bonds is 4. The minimum absolute atomic E-state index is 0.00612. The molecule has 2 heterocycles. The van der Waals surface area contributed by atoms with Gasteiger partial charge in [0, 0.05) is 32.1 Å². The van der Waals surface area contributed by atoms with E-state index in [-0.39, 0.29) is 29.8 Å². The van der Waals surface area contributed by atoms with Crippen LogP contribution in [0.25, 0.3) is 0 Å². The van der Waals surface area contributed by atoms with E-state index in [1.807, 2.05) is 6.92 Å². The van der Waals surface area contributed by atoms with Crippen molar-refractivity contribution in [2.24, 2.45) is 0 Å². The molecule has 4 amide bonds. The van der Waals surface area contributed by atoms with Gasteiger partial charge in [-0.2, -0.15) is 0 Å². The van der Waals surface area contributed by atoms with Crippen LogP contribution < -0.4 is 15.5 Å². The van der Waals surface area contributed by atoms with Gasteiger partial charge in [-0.15, -0.1) is 0 Å². The first-order valence-electron chi connectivity index (χ1n) is 8.47. The van der Waals surface area contributed by atoms with E-state index in [9.17, 15) is 14.4 Å². The highest BCUT2D eigenvalue weighted by Crippen LogP contribution is 2.29. The van der Waals surface area contributed by atoms with Gasteiger partial charge in [0.1, 0.15) is 6.04 Å². The quantitative estimate of drug-likeness (QED) is 0.760. The summed E-state index contributed by atoms with van der Waals surface area (Å²) in [5.74, 6) is -0.400. The number of carbonyl (C=O) groups excluding carboxylic acids is 3. The molecule has 2 saturated heterocycles. The van der Waals surface area contributed by atoms with Crippen LogP contribution in [0.5, 0.6) is 0 Å². The lowest BCUT2D eigenvalue weighted by atomic mass is 10.1. The van der Waals surface area contributed by atoms with Crippen molar-refractivity contribution in [2.45, 2.75) is 31.8 Å². The second-order valence-corrected chi connectivity index (χ2v) is 7.32. The normalized spacial score (nSPS) is 23.3. The zero-order valence-electron chi connectivity index (χ0n) is 14.3. The number of halogens is 2. The number of nitrogens with zero attached hydrogens (tertiary/aromatic N) is 2. The van der Waals surface area contributed by atoms with Gasteiger partial charge >= 0.3 is 6.03 Å². The maximum Gasteiger partial charge on any atom is 0.329 e. The second kappa shape index (κ2) is 7.82. The minimum atomic E-state index is -0.721. The maximum absolute atomic E-state index is 12.6. The van der Waals surface area contributed by atoms with Gasteiger partial charge in [0.25, 0.3) is 5.91 Å². The predicted molar refractivity (Wildman–Crippen MR) is 99.5 cm³/mol. The fraction of sp³-hybridized carbons (Fsp3) is 0.471. The van der Waals surface area contributed by atoms with Crippen molar-refractivity contribution in [1.82, 2.24) is 15.5 Å². The third-order valence-electron chi connectivity index (χ3n) is 4.55. The monoisotopic (exact) mass is 398 g/mol. The molecule has 2 unspecified atom stereocenters. The number of imide groups is 1. The van der Waals surface area contributed by atoms with Crippen LogP contribution in [0.2, 0.25) is 10.0 Å². The molecule has 0 saturated carbocycles. The van der Waals surface area contributed by atoms with Crippen LogP contribution >= 0.6 is 23.2 Å². The van der Waals surface area contributed by atoms with Crippen molar-refractivity contribution in [2.75, 3.05) is 24.5 Å². The molecule has 2 aliphatic rings. The van der Waals surface area contributed by atoms with Gasteiger partial charge < -0.3 is 15.5 Å². The summed E-state index contributed by atoms with van der Waals surface area (Å²) in [6, 6.07) is 3.56. The Kier molecular flexibility index (Phi) is 5.70. The second-order valence-electron chi connectivity index (χ2n) is 6.51. The molecule has 0 radical (unpaired) electrons. The van der Waals surface area contributed by atoms with Crippen LogP contribution in [0.1, 0.15) is 19.8 Å². The molecule has 2 fully saturated rings. The average molecular weight is 399 g/mol. The van der Waals surface area contributed by atoms with Crippen molar-refractivity contribution >= 4 is 46.7 Å². The van der Waals surface area contributed by atoms with Crippen LogP contribution in [0.15, 0.2) is 18.2 Å². The third kappa shape index (κ3) is 3.95. The lowest BCUT2D eigenvalue weighted by Crippen LogP contribution is -2.51. The molecule has 0 spiro atoms. The molecule has 0 bridgehead atoms. The third-order valence-corrected chi connectivity index (χ3v) is 5.29. The summed E-state index contributed by atoms with van der Waals surface area (Å²) >= 11 is 11.8. The summed E-state index contributed by atoms with van der Waals surface area (Å²) in [5, 5.41) is 6.51. The fourth-order valence-electron chi connectivity index (χ4n) is 3.18. The van der Waals surface area contributed by atoms with Gasteiger partial charge in [-0.25, -0.2) is 9.69 Å². The lowest BCUT2D eigenvalue weighted by molar-refractivity contribution is -0.132. The first-order valence-corrected chi connectivity index (χ1v) is 9.23. The van der Waals surface area contributed by atoms with E-state index in [2.05, 4.69) is 10.6 Å². The molecule has 9 heteroatoms. The topological polar surface area (TPSA) is 81.8 Å². The molecule has 7 nitrogen and oxygen atoms in total. The van der Waals surface area contributed by atoms with Gasteiger partial charge in [-0.1, -0.05) is 23.2 Å². The Bertz CT molecular complexity index is 743. The van der Waals surface area contributed by atoms with Gasteiger partial charge in [0.2, 0.25) is 5.91 Å². The number of urea groups is 1. The number of nitrogens with one attached hydrogen (secondary N) is 2. The van der Waals surface area contributed by atoms with Crippen molar-refractivity contribution in [3.63, 3.8) is 0 Å². The molecule has 0 aromatic heterocycles. The molecule has 1 aromatic carbocycles. The Morgan fingerprint density at radius 2 is 2.04 bits per heavy atom. The van der Waals surface area contributed by atoms with E-state index in [1.54, 1.807) is 11.0 Å². The predicted octanol–water partition coefficient (Wildman–Crippen LogP) is 2.02. The Balaban J connectivity index is 1.61. The number of hydrogen-bond acceptors (Lipinski definition) is 4. The molecule has 26 heavy (non-hydrogen) atoms. The summed E-state index contributed by atoms with van der Waals surface area (Å²) < 4.78 is 0.